The van der Waals surface area contributed by atoms with Crippen molar-refractivity contribution in [3.05, 3.63) is 0 Å². The van der Waals surface area contributed by atoms with Gasteiger partial charge in [0, 0.05) is 38.0 Å². The van der Waals surface area contributed by atoms with Gasteiger partial charge in [-0.05, 0) is 51.4 Å². The lowest BCUT2D eigenvalue weighted by atomic mass is 9.87. The molecule has 0 aromatic rings. The Morgan fingerprint density at radius 1 is 0.619 bits per heavy atom. The third-order valence-corrected chi connectivity index (χ3v) is 4.74. The Hall–Kier alpha value is -1.10. The summed E-state index contributed by atoms with van der Waals surface area (Å²) in [6, 6.07) is 1.93. The molecule has 0 atom stereocenters. The van der Waals surface area contributed by atoms with Crippen LogP contribution in [0, 0.1) is 0 Å². The summed E-state index contributed by atoms with van der Waals surface area (Å²) in [4.78, 5) is 22.1. The van der Waals surface area contributed by atoms with Crippen molar-refractivity contribution in [3.8, 4) is 0 Å². The highest BCUT2D eigenvalue weighted by molar-refractivity contribution is 5.73. The van der Waals surface area contributed by atoms with Crippen LogP contribution in [0.4, 0.5) is 0 Å². The van der Waals surface area contributed by atoms with Crippen molar-refractivity contribution in [1.29, 1.82) is 0 Å². The molecule has 2 aliphatic rings. The van der Waals surface area contributed by atoms with Gasteiger partial charge in [0.05, 0.1) is 0 Å². The van der Waals surface area contributed by atoms with Gasteiger partial charge < -0.3 is 16.0 Å². The SMILES string of the molecule is CC(=O)NC1CCC(NC2CCC(NC(C)=O)CC2)CC1. The van der Waals surface area contributed by atoms with Crippen molar-refractivity contribution < 1.29 is 9.59 Å². The van der Waals surface area contributed by atoms with Crippen molar-refractivity contribution in [1.82, 2.24) is 16.0 Å². The van der Waals surface area contributed by atoms with E-state index in [4.69, 9.17) is 0 Å². The van der Waals surface area contributed by atoms with E-state index in [2.05, 4.69) is 16.0 Å². The normalized spacial score (nSPS) is 33.2. The van der Waals surface area contributed by atoms with E-state index in [9.17, 15) is 9.59 Å². The van der Waals surface area contributed by atoms with Gasteiger partial charge in [0.1, 0.15) is 0 Å². The van der Waals surface area contributed by atoms with Crippen molar-refractivity contribution >= 4 is 11.8 Å². The fourth-order valence-corrected chi connectivity index (χ4v) is 3.72. The third-order valence-electron chi connectivity index (χ3n) is 4.74. The first-order chi connectivity index (χ1) is 10.0. The molecule has 0 radical (unpaired) electrons. The van der Waals surface area contributed by atoms with E-state index in [1.54, 1.807) is 13.8 Å². The zero-order valence-corrected chi connectivity index (χ0v) is 13.3. The Kier molecular flexibility index (Phi) is 6.03. The van der Waals surface area contributed by atoms with Crippen LogP contribution in [-0.4, -0.2) is 36.0 Å². The lowest BCUT2D eigenvalue weighted by molar-refractivity contribution is -0.120. The number of hydrogen-bond donors (Lipinski definition) is 3. The van der Waals surface area contributed by atoms with E-state index in [1.165, 1.54) is 0 Å². The minimum absolute atomic E-state index is 0.0858. The molecule has 5 nitrogen and oxygen atoms in total. The lowest BCUT2D eigenvalue weighted by Crippen LogP contribution is -2.47. The largest absolute Gasteiger partial charge is 0.354 e. The molecule has 0 aliphatic heterocycles. The molecule has 2 fully saturated rings. The highest BCUT2D eigenvalue weighted by Crippen LogP contribution is 2.23. The zero-order chi connectivity index (χ0) is 15.2. The van der Waals surface area contributed by atoms with Gasteiger partial charge in [0.15, 0.2) is 0 Å². The van der Waals surface area contributed by atoms with E-state index in [0.29, 0.717) is 24.2 Å². The van der Waals surface area contributed by atoms with Crippen LogP contribution in [0.2, 0.25) is 0 Å². The molecule has 3 N–H and O–H groups in total. The monoisotopic (exact) mass is 295 g/mol. The maximum absolute atomic E-state index is 11.1. The Labute approximate surface area is 127 Å². The summed E-state index contributed by atoms with van der Waals surface area (Å²) in [6.45, 7) is 3.19. The van der Waals surface area contributed by atoms with Gasteiger partial charge in [-0.2, -0.15) is 0 Å². The van der Waals surface area contributed by atoms with Crippen LogP contribution in [0.25, 0.3) is 0 Å². The highest BCUT2D eigenvalue weighted by atomic mass is 16.2. The van der Waals surface area contributed by atoms with E-state index in [1.807, 2.05) is 0 Å². The second-order valence-corrected chi connectivity index (χ2v) is 6.66. The van der Waals surface area contributed by atoms with Crippen molar-refractivity contribution in [2.45, 2.75) is 89.4 Å². The minimum atomic E-state index is 0.0858. The number of amides is 2. The molecule has 5 heteroatoms. The van der Waals surface area contributed by atoms with E-state index in [-0.39, 0.29) is 11.8 Å². The van der Waals surface area contributed by atoms with Crippen LogP contribution < -0.4 is 16.0 Å². The second kappa shape index (κ2) is 7.78. The Balaban J connectivity index is 1.64. The van der Waals surface area contributed by atoms with E-state index < -0.39 is 0 Å². The molecule has 2 rings (SSSR count). The van der Waals surface area contributed by atoms with Crippen molar-refractivity contribution in [3.63, 3.8) is 0 Å². The highest BCUT2D eigenvalue weighted by Gasteiger charge is 2.26. The third kappa shape index (κ3) is 5.65. The number of hydrogen-bond acceptors (Lipinski definition) is 3. The predicted octanol–water partition coefficient (Wildman–Crippen LogP) is 1.47. The van der Waals surface area contributed by atoms with Gasteiger partial charge in [-0.15, -0.1) is 0 Å². The standard InChI is InChI=1S/C16H29N3O2/c1-11(20)17-13-3-7-15(8-4-13)19-16-9-5-14(6-10-16)18-12(2)21/h13-16,19H,3-10H2,1-2H3,(H,17,20)(H,18,21). The number of carbonyl (C=O) groups is 2. The number of nitrogens with one attached hydrogen (secondary N) is 3. The van der Waals surface area contributed by atoms with Crippen LogP contribution in [-0.2, 0) is 9.59 Å². The summed E-state index contributed by atoms with van der Waals surface area (Å²) < 4.78 is 0. The maximum Gasteiger partial charge on any atom is 0.217 e. The average molecular weight is 295 g/mol. The Bertz CT molecular complexity index is 323. The van der Waals surface area contributed by atoms with Crippen LogP contribution >= 0.6 is 0 Å². The van der Waals surface area contributed by atoms with Crippen LogP contribution in [0.15, 0.2) is 0 Å². The first kappa shape index (κ1) is 16.3. The topological polar surface area (TPSA) is 70.2 Å². The Morgan fingerprint density at radius 2 is 0.905 bits per heavy atom. The summed E-state index contributed by atoms with van der Waals surface area (Å²) in [5.41, 5.74) is 0. The first-order valence-electron chi connectivity index (χ1n) is 8.33. The van der Waals surface area contributed by atoms with Crippen molar-refractivity contribution in [2.75, 3.05) is 0 Å². The quantitative estimate of drug-likeness (QED) is 0.735. The molecule has 0 aromatic heterocycles. The smallest absolute Gasteiger partial charge is 0.217 e. The predicted molar refractivity (Wildman–Crippen MR) is 82.9 cm³/mol. The average Bonchev–Trinajstić information content (AvgIpc) is 2.42. The molecule has 0 saturated heterocycles. The molecule has 2 aliphatic carbocycles. The van der Waals surface area contributed by atoms with Crippen molar-refractivity contribution in [2.24, 2.45) is 0 Å². The van der Waals surface area contributed by atoms with Gasteiger partial charge in [-0.3, -0.25) is 9.59 Å². The summed E-state index contributed by atoms with van der Waals surface area (Å²) in [6.07, 6.45) is 8.92. The maximum atomic E-state index is 11.1. The van der Waals surface area contributed by atoms with Crippen LogP contribution in [0.1, 0.15) is 65.2 Å². The summed E-state index contributed by atoms with van der Waals surface area (Å²) >= 11 is 0. The van der Waals surface area contributed by atoms with Gasteiger partial charge in [0.2, 0.25) is 11.8 Å². The van der Waals surface area contributed by atoms with Gasteiger partial charge in [-0.1, -0.05) is 0 Å². The number of carbonyl (C=O) groups excluding carboxylic acids is 2. The van der Waals surface area contributed by atoms with Gasteiger partial charge >= 0.3 is 0 Å². The fourth-order valence-electron chi connectivity index (χ4n) is 3.72. The fraction of sp³-hybridized carbons (Fsp3) is 0.875. The molecule has 21 heavy (non-hydrogen) atoms. The number of rotatable bonds is 4. The van der Waals surface area contributed by atoms with Gasteiger partial charge in [-0.25, -0.2) is 0 Å². The summed E-state index contributed by atoms with van der Waals surface area (Å²) in [7, 11) is 0. The molecule has 2 amide bonds. The molecule has 120 valence electrons. The van der Waals surface area contributed by atoms with Crippen LogP contribution in [0.5, 0.6) is 0 Å². The molecule has 0 heterocycles. The second-order valence-electron chi connectivity index (χ2n) is 6.66. The zero-order valence-electron chi connectivity index (χ0n) is 13.3. The first-order valence-corrected chi connectivity index (χ1v) is 8.33. The van der Waals surface area contributed by atoms with Crippen LogP contribution in [0.3, 0.4) is 0 Å². The van der Waals surface area contributed by atoms with E-state index in [0.717, 1.165) is 51.4 Å². The summed E-state index contributed by atoms with van der Waals surface area (Å²) in [5, 5.41) is 9.83. The summed E-state index contributed by atoms with van der Waals surface area (Å²) in [5.74, 6) is 0.172. The molecule has 0 aromatic carbocycles. The molecule has 2 saturated carbocycles. The Morgan fingerprint density at radius 3 is 1.19 bits per heavy atom. The molecule has 0 spiro atoms. The molecule has 0 unspecified atom stereocenters. The van der Waals surface area contributed by atoms with Gasteiger partial charge in [0.25, 0.3) is 0 Å². The molecule has 0 bridgehead atoms. The molecular weight excluding hydrogens is 266 g/mol. The lowest BCUT2D eigenvalue weighted by Gasteiger charge is -2.35. The molecular formula is C16H29N3O2. The van der Waals surface area contributed by atoms with E-state index >= 15 is 0 Å². The minimum Gasteiger partial charge on any atom is -0.354 e.